The van der Waals surface area contributed by atoms with Crippen molar-refractivity contribution in [1.29, 1.82) is 0 Å². The maximum absolute atomic E-state index is 6.04. The van der Waals surface area contributed by atoms with Crippen molar-refractivity contribution in [1.82, 2.24) is 4.98 Å². The van der Waals surface area contributed by atoms with Gasteiger partial charge in [-0.25, -0.2) is 10.8 Å². The van der Waals surface area contributed by atoms with Crippen LogP contribution in [0.5, 0.6) is 0 Å². The van der Waals surface area contributed by atoms with Crippen LogP contribution in [0.3, 0.4) is 0 Å². The highest BCUT2D eigenvalue weighted by molar-refractivity contribution is 6.37. The van der Waals surface area contributed by atoms with Crippen molar-refractivity contribution < 1.29 is 0 Å². The Kier molecular flexibility index (Phi) is 6.54. The molecule has 0 spiro atoms. The third-order valence-electron chi connectivity index (χ3n) is 2.57. The second-order valence-corrected chi connectivity index (χ2v) is 5.42. The molecule has 4 nitrogen and oxygen atoms in total. The van der Waals surface area contributed by atoms with Crippen LogP contribution in [0.2, 0.25) is 10.0 Å². The number of halogens is 2. The molecule has 0 unspecified atom stereocenters. The predicted molar refractivity (Wildman–Crippen MR) is 79.2 cm³/mol. The van der Waals surface area contributed by atoms with Crippen molar-refractivity contribution in [2.45, 2.75) is 33.1 Å². The number of nitrogens with one attached hydrogen (secondary N) is 2. The summed E-state index contributed by atoms with van der Waals surface area (Å²) in [6.45, 7) is 5.29. The van der Waals surface area contributed by atoms with Crippen LogP contribution in [0, 0.1) is 5.92 Å². The van der Waals surface area contributed by atoms with Crippen molar-refractivity contribution in [3.8, 4) is 0 Å². The monoisotopic (exact) mass is 290 g/mol. The summed E-state index contributed by atoms with van der Waals surface area (Å²) in [6.07, 6.45) is 3.52. The zero-order chi connectivity index (χ0) is 13.5. The van der Waals surface area contributed by atoms with E-state index in [0.717, 1.165) is 18.9 Å². The number of nitrogens with zero attached hydrogens (tertiary/aromatic N) is 1. The van der Waals surface area contributed by atoms with E-state index >= 15 is 0 Å². The van der Waals surface area contributed by atoms with Crippen LogP contribution >= 0.6 is 23.2 Å². The van der Waals surface area contributed by atoms with Crippen molar-refractivity contribution >= 4 is 34.8 Å². The number of hydrogen-bond donors (Lipinski definition) is 3. The van der Waals surface area contributed by atoms with Gasteiger partial charge in [0.2, 0.25) is 0 Å². The Bertz CT molecular complexity index is 383. The van der Waals surface area contributed by atoms with Gasteiger partial charge in [0.1, 0.15) is 5.82 Å². The third kappa shape index (κ3) is 4.88. The molecule has 1 heterocycles. The van der Waals surface area contributed by atoms with E-state index in [1.54, 1.807) is 6.07 Å². The minimum absolute atomic E-state index is 0.410. The summed E-state index contributed by atoms with van der Waals surface area (Å²) in [5.74, 6) is 7.09. The number of nitrogens with two attached hydrogens (primary N) is 1. The summed E-state index contributed by atoms with van der Waals surface area (Å²) in [5.41, 5.74) is 2.44. The first-order valence-electron chi connectivity index (χ1n) is 6.11. The molecule has 0 amide bonds. The van der Waals surface area contributed by atoms with Crippen molar-refractivity contribution in [3.05, 3.63) is 16.1 Å². The number of pyridine rings is 1. The molecule has 0 fully saturated rings. The molecule has 0 atom stereocenters. The SMILES string of the molecule is CC(C)CCCCNc1nc(NN)c(Cl)cc1Cl. The topological polar surface area (TPSA) is 63.0 Å². The van der Waals surface area contributed by atoms with Gasteiger partial charge < -0.3 is 10.7 Å². The summed E-state index contributed by atoms with van der Waals surface area (Å²) >= 11 is 11.9. The normalized spacial score (nSPS) is 10.8. The van der Waals surface area contributed by atoms with E-state index in [0.29, 0.717) is 21.7 Å². The van der Waals surface area contributed by atoms with Crippen LogP contribution in [0.4, 0.5) is 11.6 Å². The average molecular weight is 291 g/mol. The first-order valence-corrected chi connectivity index (χ1v) is 6.86. The first-order chi connectivity index (χ1) is 8.54. The molecule has 102 valence electrons. The molecule has 4 N–H and O–H groups in total. The maximum Gasteiger partial charge on any atom is 0.161 e. The molecule has 1 aromatic heterocycles. The maximum atomic E-state index is 6.04. The fourth-order valence-electron chi connectivity index (χ4n) is 1.58. The average Bonchev–Trinajstić information content (AvgIpc) is 2.30. The van der Waals surface area contributed by atoms with Gasteiger partial charge in [-0.3, -0.25) is 0 Å². The largest absolute Gasteiger partial charge is 0.369 e. The third-order valence-corrected chi connectivity index (χ3v) is 3.14. The molecule has 0 aliphatic heterocycles. The smallest absolute Gasteiger partial charge is 0.161 e. The van der Waals surface area contributed by atoms with Gasteiger partial charge in [-0.05, 0) is 18.4 Å². The number of aromatic nitrogens is 1. The van der Waals surface area contributed by atoms with E-state index in [-0.39, 0.29) is 0 Å². The van der Waals surface area contributed by atoms with Gasteiger partial charge in [0.05, 0.1) is 10.0 Å². The molecule has 0 aliphatic rings. The van der Waals surface area contributed by atoms with Gasteiger partial charge in [-0.2, -0.15) is 0 Å². The minimum atomic E-state index is 0.410. The first kappa shape index (κ1) is 15.3. The van der Waals surface area contributed by atoms with E-state index in [9.17, 15) is 0 Å². The lowest BCUT2D eigenvalue weighted by Crippen LogP contribution is -2.11. The molecular formula is C12H20Cl2N4. The number of unbranched alkanes of at least 4 members (excludes halogenated alkanes) is 1. The van der Waals surface area contributed by atoms with Crippen LogP contribution in [0.15, 0.2) is 6.07 Å². The molecule has 0 saturated carbocycles. The molecule has 6 heteroatoms. The van der Waals surface area contributed by atoms with Crippen LogP contribution < -0.4 is 16.6 Å². The molecule has 1 aromatic rings. The van der Waals surface area contributed by atoms with E-state index in [1.807, 2.05) is 0 Å². The number of hydrazine groups is 1. The Hall–Kier alpha value is -0.710. The fourth-order valence-corrected chi connectivity index (χ4v) is 2.06. The lowest BCUT2D eigenvalue weighted by atomic mass is 10.1. The lowest BCUT2D eigenvalue weighted by Gasteiger charge is -2.11. The minimum Gasteiger partial charge on any atom is -0.369 e. The standard InChI is InChI=1S/C12H20Cl2N4/c1-8(2)5-3-4-6-16-11-9(13)7-10(14)12(17-11)18-15/h7-8H,3-6,15H2,1-2H3,(H2,16,17,18). The lowest BCUT2D eigenvalue weighted by molar-refractivity contribution is 0.544. The molecular weight excluding hydrogens is 271 g/mol. The van der Waals surface area contributed by atoms with Crippen molar-refractivity contribution in [3.63, 3.8) is 0 Å². The van der Waals surface area contributed by atoms with Crippen molar-refractivity contribution in [2.24, 2.45) is 11.8 Å². The highest BCUT2D eigenvalue weighted by Gasteiger charge is 2.07. The molecule has 0 bridgehead atoms. The summed E-state index contributed by atoms with van der Waals surface area (Å²) < 4.78 is 0. The van der Waals surface area contributed by atoms with Gasteiger partial charge in [-0.1, -0.05) is 49.9 Å². The molecule has 18 heavy (non-hydrogen) atoms. The Balaban J connectivity index is 2.47. The zero-order valence-corrected chi connectivity index (χ0v) is 12.3. The fraction of sp³-hybridized carbons (Fsp3) is 0.583. The Morgan fingerprint density at radius 3 is 2.50 bits per heavy atom. The van der Waals surface area contributed by atoms with E-state index in [1.165, 1.54) is 12.8 Å². The van der Waals surface area contributed by atoms with Crippen molar-refractivity contribution in [2.75, 3.05) is 17.3 Å². The van der Waals surface area contributed by atoms with Crippen LogP contribution in [0.25, 0.3) is 0 Å². The van der Waals surface area contributed by atoms with E-state index in [4.69, 9.17) is 29.0 Å². The number of anilines is 2. The molecule has 0 saturated heterocycles. The Morgan fingerprint density at radius 1 is 1.22 bits per heavy atom. The summed E-state index contributed by atoms with van der Waals surface area (Å²) in [5, 5.41) is 4.10. The Morgan fingerprint density at radius 2 is 1.89 bits per heavy atom. The molecule has 1 rings (SSSR count). The quantitative estimate of drug-likeness (QED) is 0.405. The molecule has 0 aromatic carbocycles. The Labute approximate surface area is 118 Å². The second-order valence-electron chi connectivity index (χ2n) is 4.61. The zero-order valence-electron chi connectivity index (χ0n) is 10.8. The number of nitrogen functional groups attached to an aromatic ring is 1. The van der Waals surface area contributed by atoms with Gasteiger partial charge in [0, 0.05) is 6.54 Å². The highest BCUT2D eigenvalue weighted by Crippen LogP contribution is 2.28. The predicted octanol–water partition coefficient (Wildman–Crippen LogP) is 3.91. The van der Waals surface area contributed by atoms with Crippen LogP contribution in [-0.2, 0) is 0 Å². The van der Waals surface area contributed by atoms with Gasteiger partial charge >= 0.3 is 0 Å². The van der Waals surface area contributed by atoms with Gasteiger partial charge in [0.25, 0.3) is 0 Å². The van der Waals surface area contributed by atoms with Gasteiger partial charge in [-0.15, -0.1) is 0 Å². The van der Waals surface area contributed by atoms with Crippen LogP contribution in [0.1, 0.15) is 33.1 Å². The summed E-state index contributed by atoms with van der Waals surface area (Å²) in [4.78, 5) is 4.21. The van der Waals surface area contributed by atoms with Crippen LogP contribution in [-0.4, -0.2) is 11.5 Å². The van der Waals surface area contributed by atoms with Gasteiger partial charge in [0.15, 0.2) is 5.82 Å². The second kappa shape index (κ2) is 7.67. The molecule has 0 aliphatic carbocycles. The number of rotatable bonds is 7. The number of hydrogen-bond acceptors (Lipinski definition) is 4. The summed E-state index contributed by atoms with van der Waals surface area (Å²) in [7, 11) is 0. The van der Waals surface area contributed by atoms with E-state index in [2.05, 4.69) is 29.6 Å². The summed E-state index contributed by atoms with van der Waals surface area (Å²) in [6, 6.07) is 1.63. The molecule has 0 radical (unpaired) electrons. The highest BCUT2D eigenvalue weighted by atomic mass is 35.5. The van der Waals surface area contributed by atoms with E-state index < -0.39 is 0 Å².